The Morgan fingerprint density at radius 1 is 0.957 bits per heavy atom. The van der Waals surface area contributed by atoms with Crippen molar-refractivity contribution < 1.29 is 13.9 Å². The van der Waals surface area contributed by atoms with Crippen LogP contribution in [0.3, 0.4) is 0 Å². The minimum absolute atomic E-state index is 0.273. The Hall–Kier alpha value is -2.49. The van der Waals surface area contributed by atoms with Crippen molar-refractivity contribution in [2.75, 3.05) is 19.8 Å². The summed E-state index contributed by atoms with van der Waals surface area (Å²) in [6.07, 6.45) is 2.49. The molecule has 0 atom stereocenters. The van der Waals surface area contributed by atoms with Crippen molar-refractivity contribution in [3.8, 4) is 11.5 Å². The standard InChI is InChI=1S/C19H20FNO2/c20-11-4-12-21-13-19(14-21)23-18-9-7-17(8-10-18)22-15-16-5-2-1-3-6-16/h1-3,5-10,13H,4,11-12,14-15H2. The highest BCUT2D eigenvalue weighted by atomic mass is 19.1. The van der Waals surface area contributed by atoms with Gasteiger partial charge in [-0.05, 0) is 36.2 Å². The lowest BCUT2D eigenvalue weighted by atomic mass is 10.2. The Labute approximate surface area is 136 Å². The molecule has 0 saturated carbocycles. The summed E-state index contributed by atoms with van der Waals surface area (Å²) in [7, 11) is 0. The van der Waals surface area contributed by atoms with Gasteiger partial charge in [-0.15, -0.1) is 0 Å². The number of rotatable bonds is 8. The average Bonchev–Trinajstić information content (AvgIpc) is 2.57. The molecular formula is C19H20FNO2. The van der Waals surface area contributed by atoms with Crippen LogP contribution in [0.15, 0.2) is 66.6 Å². The number of halogens is 1. The van der Waals surface area contributed by atoms with E-state index in [1.165, 1.54) is 0 Å². The van der Waals surface area contributed by atoms with E-state index in [0.29, 0.717) is 13.0 Å². The van der Waals surface area contributed by atoms with Gasteiger partial charge in [-0.2, -0.15) is 0 Å². The summed E-state index contributed by atoms with van der Waals surface area (Å²) in [5.41, 5.74) is 1.14. The Bertz CT molecular complexity index is 640. The Morgan fingerprint density at radius 3 is 2.35 bits per heavy atom. The van der Waals surface area contributed by atoms with Crippen LogP contribution in [0.2, 0.25) is 0 Å². The number of benzene rings is 2. The van der Waals surface area contributed by atoms with Gasteiger partial charge in [0.25, 0.3) is 0 Å². The molecular weight excluding hydrogens is 293 g/mol. The zero-order chi connectivity index (χ0) is 15.9. The SMILES string of the molecule is FCCCN1C=C(Oc2ccc(OCc3ccccc3)cc2)C1. The highest BCUT2D eigenvalue weighted by Gasteiger charge is 2.16. The molecule has 0 amide bonds. The van der Waals surface area contributed by atoms with E-state index in [1.807, 2.05) is 65.7 Å². The molecule has 0 radical (unpaired) electrons. The molecule has 3 nitrogen and oxygen atoms in total. The minimum Gasteiger partial charge on any atom is -0.489 e. The van der Waals surface area contributed by atoms with Crippen LogP contribution in [0.5, 0.6) is 11.5 Å². The molecule has 2 aromatic carbocycles. The molecule has 0 spiro atoms. The fraction of sp³-hybridized carbons (Fsp3) is 0.263. The van der Waals surface area contributed by atoms with Crippen molar-refractivity contribution in [2.45, 2.75) is 13.0 Å². The predicted octanol–water partition coefficient (Wildman–Crippen LogP) is 4.16. The van der Waals surface area contributed by atoms with Crippen molar-refractivity contribution in [2.24, 2.45) is 0 Å². The molecule has 4 heteroatoms. The van der Waals surface area contributed by atoms with Crippen LogP contribution in [0, 0.1) is 0 Å². The fourth-order valence-electron chi connectivity index (χ4n) is 2.34. The van der Waals surface area contributed by atoms with Gasteiger partial charge >= 0.3 is 0 Å². The maximum absolute atomic E-state index is 12.1. The summed E-state index contributed by atoms with van der Waals surface area (Å²) in [5, 5.41) is 0. The number of hydrogen-bond donors (Lipinski definition) is 0. The first-order valence-electron chi connectivity index (χ1n) is 7.79. The summed E-state index contributed by atoms with van der Waals surface area (Å²) in [6.45, 7) is 1.77. The van der Waals surface area contributed by atoms with Crippen LogP contribution >= 0.6 is 0 Å². The lowest BCUT2D eigenvalue weighted by Crippen LogP contribution is -2.33. The topological polar surface area (TPSA) is 21.7 Å². The van der Waals surface area contributed by atoms with Crippen molar-refractivity contribution in [3.63, 3.8) is 0 Å². The van der Waals surface area contributed by atoms with Crippen LogP contribution in [-0.2, 0) is 6.61 Å². The van der Waals surface area contributed by atoms with E-state index in [1.54, 1.807) is 0 Å². The van der Waals surface area contributed by atoms with Crippen molar-refractivity contribution in [3.05, 3.63) is 72.1 Å². The molecule has 0 aromatic heterocycles. The molecule has 0 bridgehead atoms. The highest BCUT2D eigenvalue weighted by Crippen LogP contribution is 2.23. The molecule has 3 rings (SSSR count). The van der Waals surface area contributed by atoms with Gasteiger partial charge in [-0.1, -0.05) is 30.3 Å². The third kappa shape index (κ3) is 4.49. The summed E-state index contributed by atoms with van der Waals surface area (Å²) < 4.78 is 23.6. The molecule has 0 N–H and O–H groups in total. The summed E-state index contributed by atoms with van der Waals surface area (Å²) >= 11 is 0. The lowest BCUT2D eigenvalue weighted by molar-refractivity contribution is 0.247. The zero-order valence-electron chi connectivity index (χ0n) is 13.0. The van der Waals surface area contributed by atoms with Gasteiger partial charge in [0.05, 0.1) is 13.2 Å². The molecule has 0 saturated heterocycles. The second kappa shape index (κ2) is 7.68. The first kappa shape index (κ1) is 15.4. The summed E-state index contributed by atoms with van der Waals surface area (Å²) in [6, 6.07) is 17.7. The monoisotopic (exact) mass is 313 g/mol. The second-order valence-corrected chi connectivity index (χ2v) is 5.46. The predicted molar refractivity (Wildman–Crippen MR) is 88.1 cm³/mol. The van der Waals surface area contributed by atoms with Gasteiger partial charge in [0.1, 0.15) is 23.9 Å². The van der Waals surface area contributed by atoms with Crippen LogP contribution < -0.4 is 9.47 Å². The molecule has 23 heavy (non-hydrogen) atoms. The maximum Gasteiger partial charge on any atom is 0.139 e. The zero-order valence-corrected chi connectivity index (χ0v) is 13.0. The van der Waals surface area contributed by atoms with Crippen LogP contribution in [-0.4, -0.2) is 24.7 Å². The van der Waals surface area contributed by atoms with E-state index < -0.39 is 0 Å². The Morgan fingerprint density at radius 2 is 1.65 bits per heavy atom. The molecule has 0 unspecified atom stereocenters. The molecule has 120 valence electrons. The quantitative estimate of drug-likeness (QED) is 0.730. The second-order valence-electron chi connectivity index (χ2n) is 5.46. The highest BCUT2D eigenvalue weighted by molar-refractivity contribution is 5.33. The van der Waals surface area contributed by atoms with Crippen LogP contribution in [0.4, 0.5) is 4.39 Å². The Balaban J connectivity index is 1.46. The molecule has 1 heterocycles. The molecule has 0 fully saturated rings. The van der Waals surface area contributed by atoms with Crippen molar-refractivity contribution in [1.82, 2.24) is 4.90 Å². The van der Waals surface area contributed by atoms with E-state index in [4.69, 9.17) is 9.47 Å². The molecule has 2 aromatic rings. The van der Waals surface area contributed by atoms with Gasteiger partial charge in [0.15, 0.2) is 0 Å². The van der Waals surface area contributed by atoms with Gasteiger partial charge in [-0.3, -0.25) is 4.39 Å². The fourth-order valence-corrected chi connectivity index (χ4v) is 2.34. The number of nitrogens with zero attached hydrogens (tertiary/aromatic N) is 1. The smallest absolute Gasteiger partial charge is 0.139 e. The average molecular weight is 313 g/mol. The molecule has 1 aliphatic heterocycles. The van der Waals surface area contributed by atoms with Crippen LogP contribution in [0.1, 0.15) is 12.0 Å². The maximum atomic E-state index is 12.1. The van der Waals surface area contributed by atoms with E-state index in [9.17, 15) is 4.39 Å². The largest absolute Gasteiger partial charge is 0.489 e. The van der Waals surface area contributed by atoms with Gasteiger partial charge in [0, 0.05) is 12.7 Å². The number of ether oxygens (including phenoxy) is 2. The normalized spacial score (nSPS) is 13.3. The first-order valence-corrected chi connectivity index (χ1v) is 7.79. The molecule has 0 aliphatic carbocycles. The number of alkyl halides is 1. The Kier molecular flexibility index (Phi) is 5.14. The van der Waals surface area contributed by atoms with E-state index in [2.05, 4.69) is 0 Å². The van der Waals surface area contributed by atoms with Crippen LogP contribution in [0.25, 0.3) is 0 Å². The van der Waals surface area contributed by atoms with E-state index >= 15 is 0 Å². The lowest BCUT2D eigenvalue weighted by Gasteiger charge is -2.30. The van der Waals surface area contributed by atoms with Crippen molar-refractivity contribution in [1.29, 1.82) is 0 Å². The summed E-state index contributed by atoms with van der Waals surface area (Å²) in [5.74, 6) is 2.50. The molecule has 1 aliphatic rings. The van der Waals surface area contributed by atoms with Gasteiger partial charge < -0.3 is 14.4 Å². The first-order chi connectivity index (χ1) is 11.3. The number of hydrogen-bond acceptors (Lipinski definition) is 3. The van der Waals surface area contributed by atoms with Gasteiger partial charge in [-0.25, -0.2) is 0 Å². The van der Waals surface area contributed by atoms with E-state index in [0.717, 1.165) is 35.9 Å². The third-order valence-corrected chi connectivity index (χ3v) is 3.59. The van der Waals surface area contributed by atoms with Crippen molar-refractivity contribution >= 4 is 0 Å². The van der Waals surface area contributed by atoms with E-state index in [-0.39, 0.29) is 6.67 Å². The summed E-state index contributed by atoms with van der Waals surface area (Å²) in [4.78, 5) is 2.05. The third-order valence-electron chi connectivity index (χ3n) is 3.59. The van der Waals surface area contributed by atoms with Gasteiger partial charge in [0.2, 0.25) is 0 Å². The minimum atomic E-state index is -0.273.